The number of ether oxygens (including phenoxy) is 1. The minimum Gasteiger partial charge on any atom is -0.450 e. The third-order valence-electron chi connectivity index (χ3n) is 3.68. The number of hydrogen-bond donors (Lipinski definition) is 1. The summed E-state index contributed by atoms with van der Waals surface area (Å²) < 4.78 is 4.96. The fourth-order valence-electron chi connectivity index (χ4n) is 2.30. The molecule has 3 amide bonds. The first-order valence-corrected chi connectivity index (χ1v) is 8.02. The van der Waals surface area contributed by atoms with Crippen LogP contribution in [0.1, 0.15) is 41.5 Å². The molecule has 0 spiro atoms. The molecule has 0 bridgehead atoms. The summed E-state index contributed by atoms with van der Waals surface area (Å²) in [6.07, 6.45) is -0.357. The number of hydrogen-bond acceptors (Lipinski definition) is 4. The fourth-order valence-corrected chi connectivity index (χ4v) is 2.30. The van der Waals surface area contributed by atoms with Crippen LogP contribution in [-0.2, 0) is 14.3 Å². The Labute approximate surface area is 138 Å². The molecule has 0 aromatic rings. The zero-order valence-corrected chi connectivity index (χ0v) is 15.1. The van der Waals surface area contributed by atoms with Gasteiger partial charge in [0.05, 0.1) is 6.61 Å². The molecule has 1 fully saturated rings. The molecule has 0 unspecified atom stereocenters. The summed E-state index contributed by atoms with van der Waals surface area (Å²) in [4.78, 5) is 39.9. The summed E-state index contributed by atoms with van der Waals surface area (Å²) in [6.45, 7) is 12.6. The van der Waals surface area contributed by atoms with Gasteiger partial charge in [-0.3, -0.25) is 9.59 Å². The van der Waals surface area contributed by atoms with E-state index in [4.69, 9.17) is 4.74 Å². The minimum absolute atomic E-state index is 0.220. The lowest BCUT2D eigenvalue weighted by molar-refractivity contribution is -0.150. The van der Waals surface area contributed by atoms with Gasteiger partial charge in [0.2, 0.25) is 11.8 Å². The van der Waals surface area contributed by atoms with Crippen molar-refractivity contribution >= 4 is 17.9 Å². The molecule has 0 aromatic heterocycles. The molecule has 0 saturated carbocycles. The fraction of sp³-hybridized carbons (Fsp3) is 0.812. The van der Waals surface area contributed by atoms with Gasteiger partial charge in [-0.2, -0.15) is 0 Å². The number of carbonyl (C=O) groups is 3. The smallest absolute Gasteiger partial charge is 0.409 e. The predicted octanol–water partition coefficient (Wildman–Crippen LogP) is 1.23. The van der Waals surface area contributed by atoms with Crippen LogP contribution in [0.15, 0.2) is 0 Å². The van der Waals surface area contributed by atoms with Gasteiger partial charge in [-0.25, -0.2) is 4.79 Å². The van der Waals surface area contributed by atoms with E-state index in [1.165, 1.54) is 0 Å². The van der Waals surface area contributed by atoms with Crippen molar-refractivity contribution < 1.29 is 19.1 Å². The molecule has 0 atom stereocenters. The highest BCUT2D eigenvalue weighted by Gasteiger charge is 2.41. The summed E-state index contributed by atoms with van der Waals surface area (Å²) >= 11 is 0. The van der Waals surface area contributed by atoms with Crippen molar-refractivity contribution in [2.45, 2.75) is 47.1 Å². The molecule has 23 heavy (non-hydrogen) atoms. The highest BCUT2D eigenvalue weighted by atomic mass is 16.6. The van der Waals surface area contributed by atoms with Crippen molar-refractivity contribution in [3.05, 3.63) is 0 Å². The van der Waals surface area contributed by atoms with Crippen molar-refractivity contribution in [1.29, 1.82) is 0 Å². The van der Waals surface area contributed by atoms with Crippen molar-refractivity contribution in [2.75, 3.05) is 32.8 Å². The van der Waals surface area contributed by atoms with Gasteiger partial charge in [-0.15, -0.1) is 0 Å². The topological polar surface area (TPSA) is 79.0 Å². The third kappa shape index (κ3) is 5.11. The number of piperazine rings is 1. The molecule has 1 saturated heterocycles. The summed E-state index contributed by atoms with van der Waals surface area (Å²) in [5, 5.41) is 2.85. The number of amides is 3. The predicted molar refractivity (Wildman–Crippen MR) is 86.9 cm³/mol. The average Bonchev–Trinajstić information content (AvgIpc) is 2.45. The lowest BCUT2D eigenvalue weighted by atomic mass is 9.88. The quantitative estimate of drug-likeness (QED) is 0.791. The van der Waals surface area contributed by atoms with Gasteiger partial charge < -0.3 is 19.9 Å². The molecule has 0 radical (unpaired) electrons. The Kier molecular flexibility index (Phi) is 6.02. The van der Waals surface area contributed by atoms with Crippen LogP contribution in [-0.4, -0.2) is 66.0 Å². The maximum absolute atomic E-state index is 12.7. The van der Waals surface area contributed by atoms with Crippen LogP contribution in [0.5, 0.6) is 0 Å². The molecule has 0 aromatic carbocycles. The Bertz CT molecular complexity index is 460. The molecular weight excluding hydrogens is 298 g/mol. The third-order valence-corrected chi connectivity index (χ3v) is 3.68. The van der Waals surface area contributed by atoms with Gasteiger partial charge in [0.15, 0.2) is 0 Å². The zero-order valence-electron chi connectivity index (χ0n) is 15.1. The Hall–Kier alpha value is -1.79. The SMILES string of the molecule is CCOC(=O)N1CCN(C(=O)C(C)(C)C(=O)NC(C)(C)C)CC1. The molecule has 7 heteroatoms. The number of nitrogens with zero attached hydrogens (tertiary/aromatic N) is 2. The molecule has 132 valence electrons. The van der Waals surface area contributed by atoms with Gasteiger partial charge in [-0.1, -0.05) is 0 Å². The molecule has 1 aliphatic heterocycles. The van der Waals surface area contributed by atoms with E-state index in [0.29, 0.717) is 32.8 Å². The van der Waals surface area contributed by atoms with E-state index in [2.05, 4.69) is 5.32 Å². The molecule has 1 aliphatic rings. The van der Waals surface area contributed by atoms with Crippen molar-refractivity contribution in [2.24, 2.45) is 5.41 Å². The number of nitrogens with one attached hydrogen (secondary N) is 1. The van der Waals surface area contributed by atoms with E-state index in [0.717, 1.165) is 0 Å². The van der Waals surface area contributed by atoms with Gasteiger partial charge >= 0.3 is 6.09 Å². The van der Waals surface area contributed by atoms with Crippen LogP contribution in [0.3, 0.4) is 0 Å². The van der Waals surface area contributed by atoms with Gasteiger partial charge in [-0.05, 0) is 41.5 Å². The van der Waals surface area contributed by atoms with E-state index in [9.17, 15) is 14.4 Å². The summed E-state index contributed by atoms with van der Waals surface area (Å²) in [6, 6.07) is 0. The van der Waals surface area contributed by atoms with Gasteiger partial charge in [0.1, 0.15) is 5.41 Å². The van der Waals surface area contributed by atoms with Crippen LogP contribution >= 0.6 is 0 Å². The van der Waals surface area contributed by atoms with Crippen LogP contribution < -0.4 is 5.32 Å². The molecule has 1 N–H and O–H groups in total. The highest BCUT2D eigenvalue weighted by Crippen LogP contribution is 2.22. The average molecular weight is 327 g/mol. The Morgan fingerprint density at radius 1 is 0.957 bits per heavy atom. The van der Waals surface area contributed by atoms with Crippen LogP contribution in [0.2, 0.25) is 0 Å². The summed E-state index contributed by atoms with van der Waals surface area (Å²) in [5.41, 5.74) is -1.53. The van der Waals surface area contributed by atoms with E-state index in [1.54, 1.807) is 30.6 Å². The van der Waals surface area contributed by atoms with Crippen LogP contribution in [0, 0.1) is 5.41 Å². The van der Waals surface area contributed by atoms with Crippen molar-refractivity contribution in [1.82, 2.24) is 15.1 Å². The maximum Gasteiger partial charge on any atom is 0.409 e. The largest absolute Gasteiger partial charge is 0.450 e. The van der Waals surface area contributed by atoms with E-state index in [-0.39, 0.29) is 17.9 Å². The lowest BCUT2D eigenvalue weighted by Gasteiger charge is -2.38. The standard InChI is InChI=1S/C16H29N3O4/c1-7-23-14(22)19-10-8-18(9-11-19)13(21)16(5,6)12(20)17-15(2,3)4/h7-11H2,1-6H3,(H,17,20). The first-order valence-electron chi connectivity index (χ1n) is 8.02. The van der Waals surface area contributed by atoms with Crippen LogP contribution in [0.4, 0.5) is 4.79 Å². The van der Waals surface area contributed by atoms with Crippen LogP contribution in [0.25, 0.3) is 0 Å². The first kappa shape index (κ1) is 19.3. The lowest BCUT2D eigenvalue weighted by Crippen LogP contribution is -2.57. The molecule has 1 rings (SSSR count). The van der Waals surface area contributed by atoms with E-state index < -0.39 is 11.0 Å². The Balaban J connectivity index is 2.65. The van der Waals surface area contributed by atoms with E-state index in [1.807, 2.05) is 20.8 Å². The Morgan fingerprint density at radius 3 is 1.87 bits per heavy atom. The molecule has 7 nitrogen and oxygen atoms in total. The van der Waals surface area contributed by atoms with Crippen molar-refractivity contribution in [3.63, 3.8) is 0 Å². The second kappa shape index (κ2) is 7.19. The van der Waals surface area contributed by atoms with Crippen molar-refractivity contribution in [3.8, 4) is 0 Å². The second-order valence-corrected chi connectivity index (χ2v) is 7.31. The second-order valence-electron chi connectivity index (χ2n) is 7.31. The molecule has 0 aliphatic carbocycles. The van der Waals surface area contributed by atoms with Gasteiger partial charge in [0, 0.05) is 31.7 Å². The monoisotopic (exact) mass is 327 g/mol. The molecule has 1 heterocycles. The number of rotatable bonds is 3. The number of carbonyl (C=O) groups excluding carboxylic acids is 3. The summed E-state index contributed by atoms with van der Waals surface area (Å²) in [7, 11) is 0. The molecular formula is C16H29N3O4. The normalized spacial score (nSPS) is 16.1. The summed E-state index contributed by atoms with van der Waals surface area (Å²) in [5.74, 6) is -0.509. The maximum atomic E-state index is 12.7. The Morgan fingerprint density at radius 2 is 1.43 bits per heavy atom. The first-order chi connectivity index (χ1) is 10.5. The van der Waals surface area contributed by atoms with Gasteiger partial charge in [0.25, 0.3) is 0 Å². The minimum atomic E-state index is -1.14. The zero-order chi connectivity index (χ0) is 17.8. The highest BCUT2D eigenvalue weighted by molar-refractivity contribution is 6.04. The van der Waals surface area contributed by atoms with E-state index >= 15 is 0 Å².